The van der Waals surface area contributed by atoms with Crippen LogP contribution in [0.4, 0.5) is 5.69 Å². The highest BCUT2D eigenvalue weighted by Crippen LogP contribution is 2.43. The molecule has 1 fully saturated rings. The summed E-state index contributed by atoms with van der Waals surface area (Å²) in [5, 5.41) is 10.7. The highest BCUT2D eigenvalue weighted by Gasteiger charge is 2.48. The Bertz CT molecular complexity index is 501. The minimum absolute atomic E-state index is 0.00199. The summed E-state index contributed by atoms with van der Waals surface area (Å²) in [6.45, 7) is 4.09. The summed E-state index contributed by atoms with van der Waals surface area (Å²) in [7, 11) is 1.46. The van der Waals surface area contributed by atoms with Gasteiger partial charge in [-0.1, -0.05) is 13.8 Å². The number of rotatable bonds is 4. The lowest BCUT2D eigenvalue weighted by Crippen LogP contribution is -2.60. The van der Waals surface area contributed by atoms with Crippen molar-refractivity contribution in [3.63, 3.8) is 0 Å². The first-order valence-corrected chi connectivity index (χ1v) is 6.11. The predicted molar refractivity (Wildman–Crippen MR) is 70.4 cm³/mol. The molecule has 104 valence electrons. The van der Waals surface area contributed by atoms with Crippen LogP contribution in [0, 0.1) is 15.5 Å². The first-order chi connectivity index (χ1) is 8.86. The van der Waals surface area contributed by atoms with Gasteiger partial charge in [0.05, 0.1) is 18.1 Å². The molecule has 0 radical (unpaired) electrons. The molecule has 2 rings (SSSR count). The molecule has 0 aromatic heterocycles. The number of ether oxygens (including phenoxy) is 2. The summed E-state index contributed by atoms with van der Waals surface area (Å²) >= 11 is 0. The molecule has 0 amide bonds. The summed E-state index contributed by atoms with van der Waals surface area (Å²) in [5.74, 6) is 0.878. The SMILES string of the molecule is COc1cc([N+](=O)[O-])ccc1OC1CC(N)C1(C)C. The van der Waals surface area contributed by atoms with Gasteiger partial charge in [-0.2, -0.15) is 0 Å². The molecule has 1 aromatic rings. The molecule has 1 aliphatic carbocycles. The number of methoxy groups -OCH3 is 1. The molecule has 0 aliphatic heterocycles. The van der Waals surface area contributed by atoms with Crippen LogP contribution >= 0.6 is 0 Å². The van der Waals surface area contributed by atoms with Crippen LogP contribution in [0.5, 0.6) is 11.5 Å². The summed E-state index contributed by atoms with van der Waals surface area (Å²) < 4.78 is 11.0. The highest BCUT2D eigenvalue weighted by atomic mass is 16.6. The summed E-state index contributed by atoms with van der Waals surface area (Å²) in [6, 6.07) is 4.45. The molecule has 2 unspecified atom stereocenters. The van der Waals surface area contributed by atoms with Crippen LogP contribution in [0.3, 0.4) is 0 Å². The van der Waals surface area contributed by atoms with Gasteiger partial charge in [-0.05, 0) is 6.07 Å². The molecule has 0 spiro atoms. The number of hydrogen-bond acceptors (Lipinski definition) is 5. The number of nitrogens with two attached hydrogens (primary N) is 1. The van der Waals surface area contributed by atoms with E-state index in [0.29, 0.717) is 11.5 Å². The van der Waals surface area contributed by atoms with Crippen LogP contribution in [-0.4, -0.2) is 24.2 Å². The Morgan fingerprint density at radius 3 is 2.58 bits per heavy atom. The molecular formula is C13H18N2O4. The second-order valence-electron chi connectivity index (χ2n) is 5.36. The van der Waals surface area contributed by atoms with Crippen molar-refractivity contribution >= 4 is 5.69 Å². The first-order valence-electron chi connectivity index (χ1n) is 6.11. The van der Waals surface area contributed by atoms with E-state index in [-0.39, 0.29) is 23.2 Å². The monoisotopic (exact) mass is 266 g/mol. The summed E-state index contributed by atoms with van der Waals surface area (Å²) in [4.78, 5) is 10.2. The van der Waals surface area contributed by atoms with E-state index >= 15 is 0 Å². The maximum absolute atomic E-state index is 10.7. The van der Waals surface area contributed by atoms with Gasteiger partial charge in [-0.3, -0.25) is 10.1 Å². The Hall–Kier alpha value is -1.82. The van der Waals surface area contributed by atoms with Crippen LogP contribution in [-0.2, 0) is 0 Å². The van der Waals surface area contributed by atoms with Gasteiger partial charge in [-0.25, -0.2) is 0 Å². The van der Waals surface area contributed by atoms with Gasteiger partial charge in [0.1, 0.15) is 6.10 Å². The van der Waals surface area contributed by atoms with Crippen molar-refractivity contribution in [2.75, 3.05) is 7.11 Å². The van der Waals surface area contributed by atoms with Gasteiger partial charge in [0.15, 0.2) is 11.5 Å². The van der Waals surface area contributed by atoms with Crippen molar-refractivity contribution in [1.82, 2.24) is 0 Å². The normalized spacial score (nSPS) is 24.4. The molecule has 1 saturated carbocycles. The van der Waals surface area contributed by atoms with Crippen molar-refractivity contribution in [2.24, 2.45) is 11.1 Å². The van der Waals surface area contributed by atoms with E-state index in [1.807, 2.05) is 13.8 Å². The van der Waals surface area contributed by atoms with Crippen molar-refractivity contribution in [1.29, 1.82) is 0 Å². The third-order valence-electron chi connectivity index (χ3n) is 3.88. The second-order valence-corrected chi connectivity index (χ2v) is 5.36. The molecule has 6 nitrogen and oxygen atoms in total. The van der Waals surface area contributed by atoms with E-state index in [1.165, 1.54) is 19.2 Å². The van der Waals surface area contributed by atoms with Gasteiger partial charge in [-0.15, -0.1) is 0 Å². The van der Waals surface area contributed by atoms with Gasteiger partial charge in [0.2, 0.25) is 0 Å². The zero-order valence-electron chi connectivity index (χ0n) is 11.3. The van der Waals surface area contributed by atoms with Gasteiger partial charge in [0.25, 0.3) is 5.69 Å². The molecule has 0 bridgehead atoms. The van der Waals surface area contributed by atoms with Gasteiger partial charge < -0.3 is 15.2 Å². The Morgan fingerprint density at radius 1 is 1.42 bits per heavy atom. The minimum atomic E-state index is -0.463. The Morgan fingerprint density at radius 2 is 2.11 bits per heavy atom. The van der Waals surface area contributed by atoms with E-state index in [9.17, 15) is 10.1 Å². The first kappa shape index (κ1) is 13.6. The maximum Gasteiger partial charge on any atom is 0.273 e. The third-order valence-corrected chi connectivity index (χ3v) is 3.88. The van der Waals surface area contributed by atoms with Crippen molar-refractivity contribution in [3.05, 3.63) is 28.3 Å². The molecule has 19 heavy (non-hydrogen) atoms. The van der Waals surface area contributed by atoms with E-state index in [2.05, 4.69) is 0 Å². The highest BCUT2D eigenvalue weighted by molar-refractivity contribution is 5.48. The van der Waals surface area contributed by atoms with Crippen molar-refractivity contribution in [3.8, 4) is 11.5 Å². The number of benzene rings is 1. The van der Waals surface area contributed by atoms with Crippen molar-refractivity contribution < 1.29 is 14.4 Å². The van der Waals surface area contributed by atoms with Crippen LogP contribution in [0.1, 0.15) is 20.3 Å². The number of non-ortho nitro benzene ring substituents is 1. The fraction of sp³-hybridized carbons (Fsp3) is 0.538. The molecular weight excluding hydrogens is 248 g/mol. The number of nitro benzene ring substituents is 1. The molecule has 2 atom stereocenters. The quantitative estimate of drug-likeness (QED) is 0.666. The Balaban J connectivity index is 2.19. The van der Waals surface area contributed by atoms with Gasteiger partial charge >= 0.3 is 0 Å². The maximum atomic E-state index is 10.7. The predicted octanol–water partition coefficient (Wildman–Crippen LogP) is 2.11. The lowest BCUT2D eigenvalue weighted by Gasteiger charge is -2.49. The molecule has 0 heterocycles. The van der Waals surface area contributed by atoms with E-state index in [4.69, 9.17) is 15.2 Å². The Labute approximate surface area is 111 Å². The molecule has 6 heteroatoms. The number of hydrogen-bond donors (Lipinski definition) is 1. The molecule has 0 saturated heterocycles. The largest absolute Gasteiger partial charge is 0.493 e. The minimum Gasteiger partial charge on any atom is -0.493 e. The van der Waals surface area contributed by atoms with Crippen LogP contribution in [0.2, 0.25) is 0 Å². The average Bonchev–Trinajstić information content (AvgIpc) is 2.38. The summed E-state index contributed by atoms with van der Waals surface area (Å²) in [5.41, 5.74) is 5.81. The molecule has 2 N–H and O–H groups in total. The van der Waals surface area contributed by atoms with Crippen LogP contribution < -0.4 is 15.2 Å². The molecule has 1 aromatic carbocycles. The number of nitrogens with zero attached hydrogens (tertiary/aromatic N) is 1. The zero-order valence-corrected chi connectivity index (χ0v) is 11.3. The van der Waals surface area contributed by atoms with E-state index in [1.54, 1.807) is 6.07 Å². The fourth-order valence-corrected chi connectivity index (χ4v) is 2.14. The van der Waals surface area contributed by atoms with Crippen molar-refractivity contribution in [2.45, 2.75) is 32.4 Å². The lowest BCUT2D eigenvalue weighted by atomic mass is 9.65. The standard InChI is InChI=1S/C13H18N2O4/c1-13(2)11(14)7-12(13)19-9-5-4-8(15(16)17)6-10(9)18-3/h4-6,11-12H,7,14H2,1-3H3. The second kappa shape index (κ2) is 4.70. The van der Waals surface area contributed by atoms with E-state index < -0.39 is 4.92 Å². The number of nitro groups is 1. The Kier molecular flexibility index (Phi) is 3.36. The molecule has 1 aliphatic rings. The summed E-state index contributed by atoms with van der Waals surface area (Å²) in [6.07, 6.45) is 0.769. The van der Waals surface area contributed by atoms with Gasteiger partial charge in [0, 0.05) is 23.9 Å². The zero-order chi connectivity index (χ0) is 14.2. The fourth-order valence-electron chi connectivity index (χ4n) is 2.14. The van der Waals surface area contributed by atoms with E-state index in [0.717, 1.165) is 6.42 Å². The third kappa shape index (κ3) is 2.35. The van der Waals surface area contributed by atoms with Crippen LogP contribution in [0.25, 0.3) is 0 Å². The van der Waals surface area contributed by atoms with Crippen LogP contribution in [0.15, 0.2) is 18.2 Å². The smallest absolute Gasteiger partial charge is 0.273 e. The average molecular weight is 266 g/mol. The topological polar surface area (TPSA) is 87.6 Å². The lowest BCUT2D eigenvalue weighted by molar-refractivity contribution is -0.385.